The minimum absolute atomic E-state index is 0. The van der Waals surface area contributed by atoms with Crippen molar-refractivity contribution in [3.05, 3.63) is 24.5 Å². The number of nitrogens with zero attached hydrogens (tertiary/aromatic N) is 2. The summed E-state index contributed by atoms with van der Waals surface area (Å²) in [7, 11) is 4.75. The fourth-order valence-electron chi connectivity index (χ4n) is 3.36. The van der Waals surface area contributed by atoms with Crippen LogP contribution in [-0.4, -0.2) is 54.7 Å². The van der Waals surface area contributed by atoms with Crippen LogP contribution in [0.1, 0.15) is 12.8 Å². The number of halogens is 2. The molecule has 0 bridgehead atoms. The summed E-state index contributed by atoms with van der Waals surface area (Å²) in [6, 6.07) is 3.72. The minimum atomic E-state index is -0.780. The Hall–Kier alpha value is -1.67. The van der Waals surface area contributed by atoms with Crippen LogP contribution in [0.4, 0.5) is 0 Å². The lowest BCUT2D eigenvalue weighted by Gasteiger charge is -2.33. The molecule has 152 valence electrons. The van der Waals surface area contributed by atoms with Gasteiger partial charge in [-0.3, -0.25) is 0 Å². The third kappa shape index (κ3) is 4.79. The molecule has 1 fully saturated rings. The first-order chi connectivity index (χ1) is 12.1. The van der Waals surface area contributed by atoms with Crippen LogP contribution in [0, 0.1) is 0 Å². The summed E-state index contributed by atoms with van der Waals surface area (Å²) < 4.78 is 18.3. The quantitative estimate of drug-likeness (QED) is 0.748. The monoisotopic (exact) mass is 419 g/mol. The first-order valence-electron chi connectivity index (χ1n) is 8.35. The molecule has 0 spiro atoms. The van der Waals surface area contributed by atoms with Crippen molar-refractivity contribution in [2.45, 2.75) is 25.0 Å². The molecule has 0 saturated carbocycles. The number of benzene rings is 1. The summed E-state index contributed by atoms with van der Waals surface area (Å²) in [6.07, 6.45) is 5.32. The van der Waals surface area contributed by atoms with Gasteiger partial charge in [0.1, 0.15) is 5.82 Å². The van der Waals surface area contributed by atoms with Crippen molar-refractivity contribution in [2.75, 3.05) is 34.4 Å². The highest BCUT2D eigenvalue weighted by molar-refractivity contribution is 5.85. The highest BCUT2D eigenvalue weighted by Crippen LogP contribution is 2.43. The lowest BCUT2D eigenvalue weighted by atomic mass is 9.94. The number of β-amino-alcohol motifs (C(OH)–C–C–N with tert-alkyl or cyclic N) is 1. The van der Waals surface area contributed by atoms with Gasteiger partial charge in [0, 0.05) is 18.9 Å². The Morgan fingerprint density at radius 2 is 1.89 bits per heavy atom. The van der Waals surface area contributed by atoms with Crippen LogP contribution >= 0.6 is 24.8 Å². The second-order valence-electron chi connectivity index (χ2n) is 6.27. The van der Waals surface area contributed by atoms with Gasteiger partial charge in [0.15, 0.2) is 11.5 Å². The van der Waals surface area contributed by atoms with E-state index in [1.165, 1.54) is 0 Å². The van der Waals surface area contributed by atoms with Gasteiger partial charge in [-0.25, -0.2) is 4.98 Å². The average molecular weight is 420 g/mol. The molecule has 1 saturated heterocycles. The smallest absolute Gasteiger partial charge is 0.204 e. The molecule has 2 aromatic rings. The Bertz CT molecular complexity index is 733. The zero-order chi connectivity index (χ0) is 17.9. The molecule has 1 aliphatic heterocycles. The van der Waals surface area contributed by atoms with Crippen LogP contribution in [0.2, 0.25) is 0 Å². The minimum Gasteiger partial charge on any atom is -0.493 e. The summed E-state index contributed by atoms with van der Waals surface area (Å²) in [6.45, 7) is 1.99. The first-order valence-corrected chi connectivity index (χ1v) is 8.35. The maximum Gasteiger partial charge on any atom is 0.204 e. The van der Waals surface area contributed by atoms with Crippen molar-refractivity contribution >= 4 is 24.8 Å². The van der Waals surface area contributed by atoms with Gasteiger partial charge in [0.2, 0.25) is 5.75 Å². The highest BCUT2D eigenvalue weighted by Gasteiger charge is 2.31. The van der Waals surface area contributed by atoms with E-state index in [0.717, 1.165) is 30.8 Å². The van der Waals surface area contributed by atoms with Gasteiger partial charge < -0.3 is 29.2 Å². The Balaban J connectivity index is 0.00000182. The van der Waals surface area contributed by atoms with Crippen LogP contribution in [0.25, 0.3) is 11.4 Å². The molecule has 0 radical (unpaired) electrons. The molecule has 3 rings (SSSR count). The molecule has 1 atom stereocenters. The molecule has 1 aromatic carbocycles. The van der Waals surface area contributed by atoms with Gasteiger partial charge in [-0.2, -0.15) is 0 Å². The zero-order valence-electron chi connectivity index (χ0n) is 15.7. The van der Waals surface area contributed by atoms with Crippen molar-refractivity contribution < 1.29 is 19.3 Å². The number of imidazole rings is 1. The summed E-state index contributed by atoms with van der Waals surface area (Å²) in [4.78, 5) is 4.48. The van der Waals surface area contributed by atoms with Gasteiger partial charge in [-0.05, 0) is 31.5 Å². The molecule has 2 heterocycles. The number of methoxy groups -OCH3 is 3. The summed E-state index contributed by atoms with van der Waals surface area (Å²) in [5.74, 6) is 2.39. The average Bonchev–Trinajstić information content (AvgIpc) is 3.07. The SMILES string of the molecule is COc1ccc(-c2nccn2CC2(O)CCCNC2)c(OC)c1OC.Cl.Cl. The van der Waals surface area contributed by atoms with Gasteiger partial charge in [-0.1, -0.05) is 0 Å². The molecule has 1 aliphatic rings. The number of hydrogen-bond donors (Lipinski definition) is 2. The molecular weight excluding hydrogens is 393 g/mol. The number of aromatic nitrogens is 2. The van der Waals surface area contributed by atoms with Gasteiger partial charge >= 0.3 is 0 Å². The number of ether oxygens (including phenoxy) is 3. The predicted octanol–water partition coefficient (Wildman–Crippen LogP) is 2.53. The Kier molecular flexibility index (Phi) is 8.68. The van der Waals surface area contributed by atoms with Crippen LogP contribution in [0.3, 0.4) is 0 Å². The fraction of sp³-hybridized carbons (Fsp3) is 0.500. The first kappa shape index (κ1) is 23.4. The van der Waals surface area contributed by atoms with Crippen LogP contribution in [-0.2, 0) is 6.54 Å². The van der Waals surface area contributed by atoms with E-state index >= 15 is 0 Å². The van der Waals surface area contributed by atoms with Crippen molar-refractivity contribution in [2.24, 2.45) is 0 Å². The van der Waals surface area contributed by atoms with Gasteiger partial charge in [-0.15, -0.1) is 24.8 Å². The Morgan fingerprint density at radius 3 is 2.48 bits per heavy atom. The highest BCUT2D eigenvalue weighted by atomic mass is 35.5. The topological polar surface area (TPSA) is 77.8 Å². The van der Waals surface area contributed by atoms with E-state index in [1.807, 2.05) is 22.9 Å². The van der Waals surface area contributed by atoms with E-state index in [-0.39, 0.29) is 24.8 Å². The fourth-order valence-corrected chi connectivity index (χ4v) is 3.36. The van der Waals surface area contributed by atoms with E-state index in [9.17, 15) is 5.11 Å². The normalized spacial score (nSPS) is 18.8. The number of aliphatic hydroxyl groups is 1. The number of nitrogens with one attached hydrogen (secondary N) is 1. The zero-order valence-corrected chi connectivity index (χ0v) is 17.4. The largest absolute Gasteiger partial charge is 0.493 e. The molecule has 0 amide bonds. The lowest BCUT2D eigenvalue weighted by Crippen LogP contribution is -2.48. The second-order valence-corrected chi connectivity index (χ2v) is 6.27. The van der Waals surface area contributed by atoms with Crippen LogP contribution in [0.5, 0.6) is 17.2 Å². The van der Waals surface area contributed by atoms with Crippen LogP contribution in [0.15, 0.2) is 24.5 Å². The molecule has 2 N–H and O–H groups in total. The van der Waals surface area contributed by atoms with Crippen molar-refractivity contribution in [1.82, 2.24) is 14.9 Å². The summed E-state index contributed by atoms with van der Waals surface area (Å²) in [5, 5.41) is 14.1. The Morgan fingerprint density at radius 1 is 1.15 bits per heavy atom. The number of hydrogen-bond acceptors (Lipinski definition) is 6. The van der Waals surface area contributed by atoms with Crippen molar-refractivity contribution in [3.8, 4) is 28.6 Å². The van der Waals surface area contributed by atoms with E-state index in [2.05, 4.69) is 10.3 Å². The maximum absolute atomic E-state index is 10.8. The molecule has 1 aromatic heterocycles. The van der Waals surface area contributed by atoms with Crippen molar-refractivity contribution in [3.63, 3.8) is 0 Å². The van der Waals surface area contributed by atoms with Gasteiger partial charge in [0.25, 0.3) is 0 Å². The van der Waals surface area contributed by atoms with Crippen molar-refractivity contribution in [1.29, 1.82) is 0 Å². The predicted molar refractivity (Wildman–Crippen MR) is 109 cm³/mol. The lowest BCUT2D eigenvalue weighted by molar-refractivity contribution is 0.00105. The number of rotatable bonds is 6. The molecule has 27 heavy (non-hydrogen) atoms. The van der Waals surface area contributed by atoms with Gasteiger partial charge in [0.05, 0.1) is 39.0 Å². The van der Waals surface area contributed by atoms with E-state index in [1.54, 1.807) is 27.5 Å². The maximum atomic E-state index is 10.8. The molecular formula is C18H27Cl2N3O4. The molecule has 1 unspecified atom stereocenters. The van der Waals surface area contributed by atoms with Crippen LogP contribution < -0.4 is 19.5 Å². The van der Waals surface area contributed by atoms with E-state index in [4.69, 9.17) is 14.2 Å². The summed E-state index contributed by atoms with van der Waals surface area (Å²) in [5.41, 5.74) is 0.00910. The molecule has 9 heteroatoms. The second kappa shape index (κ2) is 10.0. The Labute approximate surface area is 171 Å². The standard InChI is InChI=1S/C18H25N3O4.2ClH/c1-23-14-6-5-13(15(24-2)16(14)25-3)17-20-9-10-21(17)12-18(22)7-4-8-19-11-18;;/h5-6,9-10,19,22H,4,7-8,11-12H2,1-3H3;2*1H. The van der Waals surface area contributed by atoms with E-state index in [0.29, 0.717) is 30.3 Å². The molecule has 0 aliphatic carbocycles. The number of piperidine rings is 1. The van der Waals surface area contributed by atoms with E-state index < -0.39 is 5.60 Å². The third-order valence-corrected chi connectivity index (χ3v) is 4.57. The molecule has 7 nitrogen and oxygen atoms in total. The summed E-state index contributed by atoms with van der Waals surface area (Å²) >= 11 is 0. The third-order valence-electron chi connectivity index (χ3n) is 4.57.